The minimum atomic E-state index is -0.315. The molecule has 2 aromatic rings. The zero-order valence-corrected chi connectivity index (χ0v) is 10.4. The zero-order valence-electron chi connectivity index (χ0n) is 10.4. The van der Waals surface area contributed by atoms with E-state index in [0.717, 1.165) is 16.5 Å². The van der Waals surface area contributed by atoms with Gasteiger partial charge in [-0.15, -0.1) is 0 Å². The Morgan fingerprint density at radius 1 is 1.17 bits per heavy atom. The van der Waals surface area contributed by atoms with Crippen molar-refractivity contribution in [3.63, 3.8) is 0 Å². The number of anilines is 1. The van der Waals surface area contributed by atoms with Crippen molar-refractivity contribution in [2.24, 2.45) is 0 Å². The van der Waals surface area contributed by atoms with E-state index >= 15 is 0 Å². The first-order valence-corrected chi connectivity index (χ1v) is 5.62. The van der Waals surface area contributed by atoms with Gasteiger partial charge in [0.05, 0.1) is 19.9 Å². The molecule has 0 heterocycles. The Labute approximate surface area is 106 Å². The Hall–Kier alpha value is -2.23. The fraction of sp³-hybridized carbons (Fsp3) is 0.214. The average Bonchev–Trinajstić information content (AvgIpc) is 2.44. The molecule has 2 rings (SSSR count). The standard InChI is InChI=1S/C14H15NO3/c1-17-12-8-7-10-5-3-4-6-11(10)14(12)15-9-13(16)18-2/h3-8,15H,9H2,1-2H3. The third-order valence-corrected chi connectivity index (χ3v) is 2.75. The lowest BCUT2D eigenvalue weighted by Crippen LogP contribution is -2.15. The third-order valence-electron chi connectivity index (χ3n) is 2.75. The number of rotatable bonds is 4. The number of hydrogen-bond donors (Lipinski definition) is 1. The van der Waals surface area contributed by atoms with Crippen LogP contribution in [0.15, 0.2) is 36.4 Å². The Kier molecular flexibility index (Phi) is 3.67. The van der Waals surface area contributed by atoms with E-state index in [1.54, 1.807) is 7.11 Å². The first kappa shape index (κ1) is 12.2. The van der Waals surface area contributed by atoms with Crippen LogP contribution in [-0.4, -0.2) is 26.7 Å². The van der Waals surface area contributed by atoms with E-state index in [1.165, 1.54) is 7.11 Å². The SMILES string of the molecule is COC(=O)CNc1c(OC)ccc2ccccc12. The number of esters is 1. The summed E-state index contributed by atoms with van der Waals surface area (Å²) >= 11 is 0. The summed E-state index contributed by atoms with van der Waals surface area (Å²) in [5, 5.41) is 5.16. The topological polar surface area (TPSA) is 47.6 Å². The number of ether oxygens (including phenoxy) is 2. The predicted molar refractivity (Wildman–Crippen MR) is 71.0 cm³/mol. The minimum Gasteiger partial charge on any atom is -0.495 e. The van der Waals surface area contributed by atoms with Gasteiger partial charge in [-0.2, -0.15) is 0 Å². The maximum atomic E-state index is 11.2. The molecule has 0 atom stereocenters. The van der Waals surface area contributed by atoms with Gasteiger partial charge in [0, 0.05) is 5.39 Å². The van der Waals surface area contributed by atoms with Crippen molar-refractivity contribution in [3.05, 3.63) is 36.4 Å². The first-order chi connectivity index (χ1) is 8.76. The zero-order chi connectivity index (χ0) is 13.0. The summed E-state index contributed by atoms with van der Waals surface area (Å²) in [5.74, 6) is 0.391. The molecule has 94 valence electrons. The number of fused-ring (bicyclic) bond motifs is 1. The van der Waals surface area contributed by atoms with E-state index in [0.29, 0.717) is 5.75 Å². The normalized spacial score (nSPS) is 10.1. The van der Waals surface area contributed by atoms with E-state index in [4.69, 9.17) is 4.74 Å². The van der Waals surface area contributed by atoms with Crippen molar-refractivity contribution in [2.45, 2.75) is 0 Å². The summed E-state index contributed by atoms with van der Waals surface area (Å²) < 4.78 is 9.92. The van der Waals surface area contributed by atoms with Crippen LogP contribution in [0.4, 0.5) is 5.69 Å². The molecule has 0 aliphatic rings. The van der Waals surface area contributed by atoms with Crippen LogP contribution in [-0.2, 0) is 9.53 Å². The van der Waals surface area contributed by atoms with Crippen LogP contribution in [0.5, 0.6) is 5.75 Å². The van der Waals surface area contributed by atoms with Gasteiger partial charge in [0.15, 0.2) is 0 Å². The maximum absolute atomic E-state index is 11.2. The minimum absolute atomic E-state index is 0.112. The Morgan fingerprint density at radius 3 is 2.67 bits per heavy atom. The molecule has 0 aromatic heterocycles. The number of carbonyl (C=O) groups excluding carboxylic acids is 1. The molecule has 1 N–H and O–H groups in total. The van der Waals surface area contributed by atoms with Gasteiger partial charge in [-0.1, -0.05) is 30.3 Å². The van der Waals surface area contributed by atoms with Crippen LogP contribution in [0.2, 0.25) is 0 Å². The lowest BCUT2D eigenvalue weighted by atomic mass is 10.1. The molecule has 4 nitrogen and oxygen atoms in total. The van der Waals surface area contributed by atoms with Crippen molar-refractivity contribution in [3.8, 4) is 5.75 Å². The van der Waals surface area contributed by atoms with Crippen molar-refractivity contribution < 1.29 is 14.3 Å². The number of nitrogens with one attached hydrogen (secondary N) is 1. The fourth-order valence-electron chi connectivity index (χ4n) is 1.84. The average molecular weight is 245 g/mol. The van der Waals surface area contributed by atoms with Gasteiger partial charge in [-0.25, -0.2) is 0 Å². The van der Waals surface area contributed by atoms with Crippen LogP contribution < -0.4 is 10.1 Å². The summed E-state index contributed by atoms with van der Waals surface area (Å²) in [5.41, 5.74) is 0.806. The summed E-state index contributed by atoms with van der Waals surface area (Å²) in [6.45, 7) is 0.112. The van der Waals surface area contributed by atoms with Crippen LogP contribution >= 0.6 is 0 Å². The highest BCUT2D eigenvalue weighted by Crippen LogP contribution is 2.32. The van der Waals surface area contributed by atoms with Crippen molar-refractivity contribution in [1.29, 1.82) is 0 Å². The molecule has 0 aliphatic carbocycles. The molecule has 2 aromatic carbocycles. The van der Waals surface area contributed by atoms with Gasteiger partial charge in [-0.3, -0.25) is 4.79 Å². The van der Waals surface area contributed by atoms with Crippen LogP contribution in [0, 0.1) is 0 Å². The van der Waals surface area contributed by atoms with Crippen molar-refractivity contribution in [2.75, 3.05) is 26.1 Å². The molecular weight excluding hydrogens is 230 g/mol. The van der Waals surface area contributed by atoms with E-state index in [2.05, 4.69) is 10.1 Å². The second-order valence-corrected chi connectivity index (χ2v) is 3.79. The Morgan fingerprint density at radius 2 is 1.94 bits per heavy atom. The second-order valence-electron chi connectivity index (χ2n) is 3.79. The molecule has 0 amide bonds. The largest absolute Gasteiger partial charge is 0.495 e. The number of methoxy groups -OCH3 is 2. The highest BCUT2D eigenvalue weighted by molar-refractivity contribution is 5.97. The molecule has 0 radical (unpaired) electrons. The van der Waals surface area contributed by atoms with Crippen molar-refractivity contribution in [1.82, 2.24) is 0 Å². The molecule has 0 bridgehead atoms. The van der Waals surface area contributed by atoms with Crippen LogP contribution in [0.1, 0.15) is 0 Å². The van der Waals surface area contributed by atoms with Gasteiger partial charge >= 0.3 is 5.97 Å². The number of carbonyl (C=O) groups is 1. The van der Waals surface area contributed by atoms with E-state index < -0.39 is 0 Å². The molecule has 18 heavy (non-hydrogen) atoms. The summed E-state index contributed by atoms with van der Waals surface area (Å²) in [4.78, 5) is 11.2. The predicted octanol–water partition coefficient (Wildman–Crippen LogP) is 2.43. The molecule has 0 spiro atoms. The molecular formula is C14H15NO3. The molecule has 0 aliphatic heterocycles. The lowest BCUT2D eigenvalue weighted by molar-refractivity contribution is -0.138. The highest BCUT2D eigenvalue weighted by Gasteiger charge is 2.09. The van der Waals surface area contributed by atoms with E-state index in [9.17, 15) is 4.79 Å². The highest BCUT2D eigenvalue weighted by atomic mass is 16.5. The number of hydrogen-bond acceptors (Lipinski definition) is 4. The summed E-state index contributed by atoms with van der Waals surface area (Å²) in [6.07, 6.45) is 0. The first-order valence-electron chi connectivity index (χ1n) is 5.62. The van der Waals surface area contributed by atoms with Gasteiger partial charge in [0.25, 0.3) is 0 Å². The number of benzene rings is 2. The fourth-order valence-corrected chi connectivity index (χ4v) is 1.84. The van der Waals surface area contributed by atoms with Gasteiger partial charge in [0.1, 0.15) is 12.3 Å². The molecule has 0 fully saturated rings. The van der Waals surface area contributed by atoms with Gasteiger partial charge in [-0.05, 0) is 11.5 Å². The smallest absolute Gasteiger partial charge is 0.325 e. The second kappa shape index (κ2) is 5.40. The molecule has 0 saturated heterocycles. The lowest BCUT2D eigenvalue weighted by Gasteiger charge is -2.13. The van der Waals surface area contributed by atoms with Gasteiger partial charge < -0.3 is 14.8 Å². The van der Waals surface area contributed by atoms with E-state index in [1.807, 2.05) is 36.4 Å². The summed E-state index contributed by atoms with van der Waals surface area (Å²) in [6, 6.07) is 11.8. The Bertz CT molecular complexity index is 566. The molecule has 0 saturated carbocycles. The van der Waals surface area contributed by atoms with Crippen LogP contribution in [0.3, 0.4) is 0 Å². The third kappa shape index (κ3) is 2.37. The van der Waals surface area contributed by atoms with Gasteiger partial charge in [0.2, 0.25) is 0 Å². The van der Waals surface area contributed by atoms with E-state index in [-0.39, 0.29) is 12.5 Å². The molecule has 0 unspecified atom stereocenters. The van der Waals surface area contributed by atoms with Crippen molar-refractivity contribution >= 4 is 22.4 Å². The van der Waals surface area contributed by atoms with Crippen LogP contribution in [0.25, 0.3) is 10.8 Å². The quantitative estimate of drug-likeness (QED) is 0.840. The molecule has 4 heteroatoms. The monoisotopic (exact) mass is 245 g/mol. The maximum Gasteiger partial charge on any atom is 0.325 e. The Balaban J connectivity index is 2.41. The summed E-state index contributed by atoms with van der Waals surface area (Å²) in [7, 11) is 2.97.